The largest absolute Gasteiger partial charge is 0.368 e. The van der Waals surface area contributed by atoms with Gasteiger partial charge in [-0.2, -0.15) is 4.31 Å². The molecule has 2 aliphatic heterocycles. The molecule has 2 atom stereocenters. The van der Waals surface area contributed by atoms with E-state index in [1.165, 1.54) is 10.4 Å². The number of carbonyl (C=O) groups excluding carboxylic acids is 1. The maximum absolute atomic E-state index is 14.1. The van der Waals surface area contributed by atoms with Gasteiger partial charge in [-0.25, -0.2) is 8.42 Å². The molecule has 0 bridgehead atoms. The number of sulfonamides is 1. The Morgan fingerprint density at radius 3 is 2.26 bits per heavy atom. The lowest BCUT2D eigenvalue weighted by Crippen LogP contribution is -2.54. The summed E-state index contributed by atoms with van der Waals surface area (Å²) in [5.41, 5.74) is 4.47. The average molecular weight is 587 g/mol. The number of piperazine rings is 1. The Balaban J connectivity index is 1.39. The van der Waals surface area contributed by atoms with Gasteiger partial charge in [0.25, 0.3) is 0 Å². The summed E-state index contributed by atoms with van der Waals surface area (Å²) in [5.74, 6) is -0.525. The molecule has 5 rings (SSSR count). The Bertz CT molecular complexity index is 1470. The van der Waals surface area contributed by atoms with Gasteiger partial charge in [-0.05, 0) is 73.2 Å². The van der Waals surface area contributed by atoms with E-state index in [9.17, 15) is 13.2 Å². The van der Waals surface area contributed by atoms with Crippen molar-refractivity contribution >= 4 is 44.8 Å². The lowest BCUT2D eigenvalue weighted by Gasteiger charge is -2.42. The van der Waals surface area contributed by atoms with Crippen LogP contribution in [0.25, 0.3) is 0 Å². The van der Waals surface area contributed by atoms with Crippen molar-refractivity contribution in [1.29, 1.82) is 0 Å². The first kappa shape index (κ1) is 28.0. The lowest BCUT2D eigenvalue weighted by molar-refractivity contribution is -0.137. The number of hydrogen-bond donors (Lipinski definition) is 0. The van der Waals surface area contributed by atoms with E-state index >= 15 is 0 Å². The van der Waals surface area contributed by atoms with E-state index in [2.05, 4.69) is 30.9 Å². The summed E-state index contributed by atoms with van der Waals surface area (Å²) in [4.78, 5) is 18.4. The fraction of sp³-hybridized carbons (Fsp3) is 0.367. The van der Waals surface area contributed by atoms with Crippen molar-refractivity contribution in [1.82, 2.24) is 9.21 Å². The molecule has 0 spiro atoms. The summed E-state index contributed by atoms with van der Waals surface area (Å²) in [6, 6.07) is 20.3. The number of rotatable bonds is 5. The quantitative estimate of drug-likeness (QED) is 0.382. The molecule has 2 heterocycles. The molecule has 2 aliphatic rings. The molecule has 6 nitrogen and oxygen atoms in total. The molecule has 2 fully saturated rings. The Morgan fingerprint density at radius 1 is 0.821 bits per heavy atom. The molecule has 1 amide bonds. The summed E-state index contributed by atoms with van der Waals surface area (Å²) in [5, 5.41) is 1.06. The fourth-order valence-corrected chi connectivity index (χ4v) is 7.82. The van der Waals surface area contributed by atoms with Gasteiger partial charge in [0, 0.05) is 55.0 Å². The Hall–Kier alpha value is -2.58. The molecule has 206 valence electrons. The monoisotopic (exact) mass is 585 g/mol. The van der Waals surface area contributed by atoms with Gasteiger partial charge in [0.1, 0.15) is 0 Å². The molecular formula is C30H33Cl2N3O3S. The summed E-state index contributed by atoms with van der Waals surface area (Å²) < 4.78 is 28.6. The third kappa shape index (κ3) is 5.82. The number of carbonyl (C=O) groups is 1. The maximum Gasteiger partial charge on any atom is 0.243 e. The lowest BCUT2D eigenvalue weighted by atomic mass is 9.78. The van der Waals surface area contributed by atoms with Crippen LogP contribution >= 0.6 is 23.2 Å². The van der Waals surface area contributed by atoms with Gasteiger partial charge in [0.15, 0.2) is 0 Å². The van der Waals surface area contributed by atoms with Gasteiger partial charge in [-0.15, -0.1) is 0 Å². The molecule has 39 heavy (non-hydrogen) atoms. The van der Waals surface area contributed by atoms with E-state index < -0.39 is 15.9 Å². The van der Waals surface area contributed by atoms with Crippen LogP contribution < -0.4 is 4.90 Å². The molecular weight excluding hydrogens is 553 g/mol. The number of aryl methyl sites for hydroxylation is 2. The topological polar surface area (TPSA) is 60.9 Å². The Labute approximate surface area is 241 Å². The van der Waals surface area contributed by atoms with Crippen LogP contribution in [0.5, 0.6) is 0 Å². The van der Waals surface area contributed by atoms with Crippen molar-refractivity contribution in [3.8, 4) is 0 Å². The zero-order chi connectivity index (χ0) is 27.7. The van der Waals surface area contributed by atoms with Crippen LogP contribution in [-0.2, 0) is 14.8 Å². The number of amides is 1. The third-order valence-corrected chi connectivity index (χ3v) is 10.3. The van der Waals surface area contributed by atoms with Gasteiger partial charge in [-0.3, -0.25) is 4.79 Å². The minimum absolute atomic E-state index is 0.0108. The van der Waals surface area contributed by atoms with Crippen molar-refractivity contribution in [2.45, 2.75) is 31.1 Å². The van der Waals surface area contributed by atoms with Crippen molar-refractivity contribution < 1.29 is 13.2 Å². The number of hydrogen-bond acceptors (Lipinski definition) is 4. The van der Waals surface area contributed by atoms with Crippen molar-refractivity contribution in [2.24, 2.45) is 5.92 Å². The second-order valence-corrected chi connectivity index (χ2v) is 13.2. The molecule has 3 aromatic rings. The summed E-state index contributed by atoms with van der Waals surface area (Å²) in [7, 11) is -3.79. The van der Waals surface area contributed by atoms with Crippen LogP contribution in [0, 0.1) is 19.8 Å². The molecule has 2 unspecified atom stereocenters. The van der Waals surface area contributed by atoms with E-state index in [0.29, 0.717) is 49.2 Å². The highest BCUT2D eigenvalue weighted by atomic mass is 35.5. The zero-order valence-electron chi connectivity index (χ0n) is 22.2. The van der Waals surface area contributed by atoms with Gasteiger partial charge >= 0.3 is 0 Å². The fourth-order valence-electron chi connectivity index (χ4n) is 5.87. The van der Waals surface area contributed by atoms with E-state index in [1.807, 2.05) is 35.2 Å². The van der Waals surface area contributed by atoms with Gasteiger partial charge in [0.2, 0.25) is 15.9 Å². The predicted octanol–water partition coefficient (Wildman–Crippen LogP) is 5.75. The van der Waals surface area contributed by atoms with Crippen molar-refractivity contribution in [3.63, 3.8) is 0 Å². The van der Waals surface area contributed by atoms with Crippen molar-refractivity contribution in [3.05, 3.63) is 93.5 Å². The SMILES string of the molecule is Cc1ccccc1C1CCN(S(=O)(=O)c2cccc(Cl)c2)CC1C(=O)N1CCN(c2cc(Cl)ccc2C)CC1. The van der Waals surface area contributed by atoms with Crippen LogP contribution in [0.3, 0.4) is 0 Å². The highest BCUT2D eigenvalue weighted by Gasteiger charge is 2.42. The van der Waals surface area contributed by atoms with Crippen LogP contribution in [0.15, 0.2) is 71.6 Å². The Kier molecular flexibility index (Phi) is 8.24. The first-order valence-electron chi connectivity index (χ1n) is 13.3. The van der Waals surface area contributed by atoms with E-state index in [1.54, 1.807) is 18.2 Å². The summed E-state index contributed by atoms with van der Waals surface area (Å²) in [6.07, 6.45) is 0.572. The smallest absolute Gasteiger partial charge is 0.243 e. The van der Waals surface area contributed by atoms with E-state index in [-0.39, 0.29) is 23.3 Å². The van der Waals surface area contributed by atoms with Crippen LogP contribution in [0.1, 0.15) is 29.0 Å². The molecule has 3 aromatic carbocycles. The molecule has 0 saturated carbocycles. The second kappa shape index (κ2) is 11.5. The maximum atomic E-state index is 14.1. The molecule has 0 radical (unpaired) electrons. The summed E-state index contributed by atoms with van der Waals surface area (Å²) in [6.45, 7) is 7.13. The van der Waals surface area contributed by atoms with Gasteiger partial charge in [0.05, 0.1) is 10.8 Å². The van der Waals surface area contributed by atoms with Gasteiger partial charge < -0.3 is 9.80 Å². The molecule has 0 aromatic heterocycles. The van der Waals surface area contributed by atoms with E-state index in [4.69, 9.17) is 23.2 Å². The highest BCUT2D eigenvalue weighted by Crippen LogP contribution is 2.38. The number of benzene rings is 3. The predicted molar refractivity (Wildman–Crippen MR) is 157 cm³/mol. The first-order valence-corrected chi connectivity index (χ1v) is 15.5. The number of piperidine rings is 1. The number of nitrogens with zero attached hydrogens (tertiary/aromatic N) is 3. The standard InChI is InChI=1S/C30H33Cl2N3O3S/c1-21-6-3-4-9-26(21)27-12-13-35(39(37,38)25-8-5-7-23(31)18-25)20-28(27)30(36)34-16-14-33(15-17-34)29-19-24(32)11-10-22(29)2/h3-11,18-19,27-28H,12-17,20H2,1-2H3. The highest BCUT2D eigenvalue weighted by molar-refractivity contribution is 7.89. The zero-order valence-corrected chi connectivity index (χ0v) is 24.5. The molecule has 9 heteroatoms. The Morgan fingerprint density at radius 2 is 1.54 bits per heavy atom. The second-order valence-electron chi connectivity index (χ2n) is 10.4. The van der Waals surface area contributed by atoms with Crippen LogP contribution in [-0.4, -0.2) is 62.8 Å². The minimum atomic E-state index is -3.79. The molecule has 0 aliphatic carbocycles. The third-order valence-electron chi connectivity index (χ3n) is 8.02. The van der Waals surface area contributed by atoms with Crippen LogP contribution in [0.4, 0.5) is 5.69 Å². The van der Waals surface area contributed by atoms with Crippen molar-refractivity contribution in [2.75, 3.05) is 44.2 Å². The molecule has 0 N–H and O–H groups in total. The summed E-state index contributed by atoms with van der Waals surface area (Å²) >= 11 is 12.4. The average Bonchev–Trinajstić information content (AvgIpc) is 2.94. The number of anilines is 1. The van der Waals surface area contributed by atoms with Gasteiger partial charge in [-0.1, -0.05) is 59.6 Å². The van der Waals surface area contributed by atoms with Crippen LogP contribution in [0.2, 0.25) is 10.0 Å². The normalized spacial score (nSPS) is 20.7. The minimum Gasteiger partial charge on any atom is -0.368 e. The first-order chi connectivity index (χ1) is 18.6. The number of halogens is 2. The van der Waals surface area contributed by atoms with E-state index in [0.717, 1.165) is 22.4 Å². The molecule has 2 saturated heterocycles.